The number of hydrogen-bond donors (Lipinski definition) is 0. The average molecular weight is 480 g/mol. The Labute approximate surface area is 185 Å². The van der Waals surface area contributed by atoms with Crippen LogP contribution in [-0.2, 0) is 19.7 Å². The fourth-order valence-electron chi connectivity index (χ4n) is 3.40. The Hall–Kier alpha value is -2.50. The number of fused-ring (bicyclic) bond motifs is 1. The lowest BCUT2D eigenvalue weighted by molar-refractivity contribution is 0.0746. The molecule has 1 fully saturated rings. The molecule has 0 radical (unpaired) electrons. The minimum absolute atomic E-state index is 0.125. The summed E-state index contributed by atoms with van der Waals surface area (Å²) in [6.07, 6.45) is 2.30. The third-order valence-corrected chi connectivity index (χ3v) is 8.42. The normalized spacial score (nSPS) is 15.4. The van der Waals surface area contributed by atoms with E-state index >= 15 is 0 Å². The number of benzene rings is 2. The van der Waals surface area contributed by atoms with Crippen molar-refractivity contribution in [3.8, 4) is 0 Å². The first kappa shape index (κ1) is 21.7. The number of carbonyl (C=O) groups excluding carboxylic acids is 1. The summed E-state index contributed by atoms with van der Waals surface area (Å²) >= 11 is 1.42. The molecule has 0 atom stereocenters. The van der Waals surface area contributed by atoms with Crippen LogP contribution >= 0.6 is 11.3 Å². The van der Waals surface area contributed by atoms with Crippen molar-refractivity contribution in [2.45, 2.75) is 9.79 Å². The standard InChI is InChI=1S/C20H21N3O5S3/c1-30(25,26)15-5-3-4-14(12-15)19(24)22-8-10-23(11-9-22)20-21-17-7-6-16(31(2,27)28)13-18(17)29-20/h3-7,12-13H,8-11H2,1-2H3. The van der Waals surface area contributed by atoms with Crippen molar-refractivity contribution in [3.63, 3.8) is 0 Å². The Morgan fingerprint density at radius 1 is 0.903 bits per heavy atom. The maximum atomic E-state index is 12.8. The van der Waals surface area contributed by atoms with E-state index in [0.29, 0.717) is 31.7 Å². The van der Waals surface area contributed by atoms with E-state index < -0.39 is 19.7 Å². The molecule has 1 amide bonds. The molecule has 0 N–H and O–H groups in total. The quantitative estimate of drug-likeness (QED) is 0.564. The summed E-state index contributed by atoms with van der Waals surface area (Å²) in [5.74, 6) is -0.202. The van der Waals surface area contributed by atoms with Crippen LogP contribution in [0.2, 0.25) is 0 Å². The number of hydrogen-bond acceptors (Lipinski definition) is 8. The molecule has 0 unspecified atom stereocenters. The topological polar surface area (TPSA) is 105 Å². The van der Waals surface area contributed by atoms with Gasteiger partial charge in [-0.3, -0.25) is 4.79 Å². The zero-order valence-electron chi connectivity index (χ0n) is 17.0. The fraction of sp³-hybridized carbons (Fsp3) is 0.300. The number of piperazine rings is 1. The van der Waals surface area contributed by atoms with Crippen LogP contribution in [0.5, 0.6) is 0 Å². The number of aromatic nitrogens is 1. The number of amides is 1. The van der Waals surface area contributed by atoms with Crippen LogP contribution in [-0.4, -0.2) is 71.3 Å². The van der Waals surface area contributed by atoms with Gasteiger partial charge in [-0.15, -0.1) is 0 Å². The van der Waals surface area contributed by atoms with Gasteiger partial charge in [0, 0.05) is 44.3 Å². The molecule has 1 aliphatic rings. The number of anilines is 1. The molecular weight excluding hydrogens is 458 g/mol. The monoisotopic (exact) mass is 479 g/mol. The SMILES string of the molecule is CS(=O)(=O)c1cccc(C(=O)N2CCN(c3nc4ccc(S(C)(=O)=O)cc4s3)CC2)c1. The molecule has 1 aromatic heterocycles. The minimum atomic E-state index is -3.38. The number of nitrogens with zero attached hydrogens (tertiary/aromatic N) is 3. The van der Waals surface area contributed by atoms with Crippen LogP contribution in [0.4, 0.5) is 5.13 Å². The first-order valence-electron chi connectivity index (χ1n) is 9.47. The molecule has 31 heavy (non-hydrogen) atoms. The zero-order chi connectivity index (χ0) is 22.4. The maximum Gasteiger partial charge on any atom is 0.254 e. The lowest BCUT2D eigenvalue weighted by Crippen LogP contribution is -2.48. The molecule has 8 nitrogen and oxygen atoms in total. The molecular formula is C20H21N3O5S3. The summed E-state index contributed by atoms with van der Waals surface area (Å²) < 4.78 is 47.9. The predicted octanol–water partition coefficient (Wildman–Crippen LogP) is 2.07. The van der Waals surface area contributed by atoms with E-state index in [1.54, 1.807) is 35.2 Å². The van der Waals surface area contributed by atoms with E-state index in [4.69, 9.17) is 0 Å². The smallest absolute Gasteiger partial charge is 0.254 e. The lowest BCUT2D eigenvalue weighted by Gasteiger charge is -2.34. The summed E-state index contributed by atoms with van der Waals surface area (Å²) in [4.78, 5) is 21.6. The molecule has 0 aliphatic carbocycles. The fourth-order valence-corrected chi connectivity index (χ4v) is 5.85. The largest absolute Gasteiger partial charge is 0.345 e. The Kier molecular flexibility index (Phi) is 5.52. The molecule has 1 saturated heterocycles. The van der Waals surface area contributed by atoms with Crippen LogP contribution in [0.1, 0.15) is 10.4 Å². The van der Waals surface area contributed by atoms with Crippen LogP contribution in [0.25, 0.3) is 10.2 Å². The third kappa shape index (κ3) is 4.58. The van der Waals surface area contributed by atoms with Gasteiger partial charge in [-0.2, -0.15) is 0 Å². The van der Waals surface area contributed by atoms with Crippen molar-refractivity contribution in [2.75, 3.05) is 43.6 Å². The second-order valence-corrected chi connectivity index (χ2v) is 12.5. The number of thiazole rings is 1. The Morgan fingerprint density at radius 3 is 2.19 bits per heavy atom. The average Bonchev–Trinajstić information content (AvgIpc) is 3.15. The van der Waals surface area contributed by atoms with Gasteiger partial charge in [0.1, 0.15) is 0 Å². The number of sulfone groups is 2. The molecule has 0 spiro atoms. The summed E-state index contributed by atoms with van der Waals surface area (Å²) in [6, 6.07) is 11.0. The highest BCUT2D eigenvalue weighted by Gasteiger charge is 2.25. The van der Waals surface area contributed by atoms with Crippen LogP contribution < -0.4 is 4.90 Å². The molecule has 3 aromatic rings. The molecule has 164 valence electrons. The molecule has 0 saturated carbocycles. The van der Waals surface area contributed by atoms with E-state index in [2.05, 4.69) is 9.88 Å². The second-order valence-electron chi connectivity index (χ2n) is 7.48. The van der Waals surface area contributed by atoms with Gasteiger partial charge in [0.2, 0.25) is 0 Å². The van der Waals surface area contributed by atoms with Gasteiger partial charge in [-0.05, 0) is 36.4 Å². The highest BCUT2D eigenvalue weighted by atomic mass is 32.2. The first-order chi connectivity index (χ1) is 14.5. The zero-order valence-corrected chi connectivity index (χ0v) is 19.4. The molecule has 2 heterocycles. The van der Waals surface area contributed by atoms with Crippen molar-refractivity contribution < 1.29 is 21.6 Å². The first-order valence-corrected chi connectivity index (χ1v) is 14.1. The van der Waals surface area contributed by atoms with Crippen molar-refractivity contribution in [3.05, 3.63) is 48.0 Å². The van der Waals surface area contributed by atoms with E-state index in [-0.39, 0.29) is 15.7 Å². The van der Waals surface area contributed by atoms with Gasteiger partial charge in [0.05, 0.1) is 20.0 Å². The molecule has 2 aromatic carbocycles. The van der Waals surface area contributed by atoms with Crippen LogP contribution in [0.3, 0.4) is 0 Å². The Morgan fingerprint density at radius 2 is 1.55 bits per heavy atom. The molecule has 1 aliphatic heterocycles. The minimum Gasteiger partial charge on any atom is -0.345 e. The van der Waals surface area contributed by atoms with Gasteiger partial charge in [-0.25, -0.2) is 21.8 Å². The summed E-state index contributed by atoms with van der Waals surface area (Å²) in [7, 11) is -6.67. The maximum absolute atomic E-state index is 12.8. The molecule has 0 bridgehead atoms. The van der Waals surface area contributed by atoms with Crippen molar-refractivity contribution in [2.24, 2.45) is 0 Å². The van der Waals surface area contributed by atoms with Gasteiger partial charge in [0.15, 0.2) is 24.8 Å². The van der Waals surface area contributed by atoms with E-state index in [9.17, 15) is 21.6 Å². The Bertz CT molecular complexity index is 1370. The van der Waals surface area contributed by atoms with E-state index in [1.165, 1.54) is 29.7 Å². The lowest BCUT2D eigenvalue weighted by atomic mass is 10.2. The van der Waals surface area contributed by atoms with Crippen molar-refractivity contribution >= 4 is 52.3 Å². The van der Waals surface area contributed by atoms with Gasteiger partial charge in [-0.1, -0.05) is 17.4 Å². The van der Waals surface area contributed by atoms with E-state index in [0.717, 1.165) is 21.6 Å². The summed E-state index contributed by atoms with van der Waals surface area (Å²) in [5.41, 5.74) is 1.09. The van der Waals surface area contributed by atoms with Crippen LogP contribution in [0, 0.1) is 0 Å². The second kappa shape index (κ2) is 7.88. The van der Waals surface area contributed by atoms with Gasteiger partial charge >= 0.3 is 0 Å². The highest BCUT2D eigenvalue weighted by molar-refractivity contribution is 7.91. The third-order valence-electron chi connectivity index (χ3n) is 5.12. The molecule has 4 rings (SSSR count). The molecule has 11 heteroatoms. The van der Waals surface area contributed by atoms with E-state index in [1.807, 2.05) is 0 Å². The summed E-state index contributed by atoms with van der Waals surface area (Å²) in [6.45, 7) is 2.12. The van der Waals surface area contributed by atoms with Gasteiger partial charge < -0.3 is 9.80 Å². The summed E-state index contributed by atoms with van der Waals surface area (Å²) in [5, 5.41) is 0.784. The number of rotatable bonds is 4. The van der Waals surface area contributed by atoms with Crippen molar-refractivity contribution in [1.82, 2.24) is 9.88 Å². The van der Waals surface area contributed by atoms with Gasteiger partial charge in [0.25, 0.3) is 5.91 Å². The number of carbonyl (C=O) groups is 1. The Balaban J connectivity index is 1.48. The predicted molar refractivity (Wildman–Crippen MR) is 120 cm³/mol. The van der Waals surface area contributed by atoms with Crippen molar-refractivity contribution in [1.29, 1.82) is 0 Å². The highest BCUT2D eigenvalue weighted by Crippen LogP contribution is 2.31. The van der Waals surface area contributed by atoms with Crippen LogP contribution in [0.15, 0.2) is 52.3 Å².